The highest BCUT2D eigenvalue weighted by Gasteiger charge is 2.13. The zero-order valence-electron chi connectivity index (χ0n) is 11.6. The zero-order valence-corrected chi connectivity index (χ0v) is 11.6. The molecular formula is C15H26N2O2+2. The predicted octanol–water partition coefficient (Wildman–Crippen LogP) is -1.41. The van der Waals surface area contributed by atoms with E-state index in [1.807, 2.05) is 30.3 Å². The van der Waals surface area contributed by atoms with Gasteiger partial charge in [-0.1, -0.05) is 30.3 Å². The fourth-order valence-electron chi connectivity index (χ4n) is 2.49. The van der Waals surface area contributed by atoms with Crippen LogP contribution in [0.1, 0.15) is 18.1 Å². The molecule has 1 fully saturated rings. The largest absolute Gasteiger partial charge is 0.382 e. The van der Waals surface area contributed by atoms with Crippen molar-refractivity contribution in [1.82, 2.24) is 0 Å². The molecule has 1 heterocycles. The van der Waals surface area contributed by atoms with Gasteiger partial charge in [-0.25, -0.2) is 0 Å². The second-order valence-electron chi connectivity index (χ2n) is 5.21. The SMILES string of the molecule is O[C@@H](C[NH2+]CCC[NH+]1CCOCC1)c1ccccc1. The molecule has 106 valence electrons. The smallest absolute Gasteiger partial charge is 0.128 e. The van der Waals surface area contributed by atoms with Crippen LogP contribution in [0.5, 0.6) is 0 Å². The van der Waals surface area contributed by atoms with E-state index in [1.165, 1.54) is 13.0 Å². The fraction of sp³-hybridized carbons (Fsp3) is 0.600. The third kappa shape index (κ3) is 5.28. The number of rotatable bonds is 7. The van der Waals surface area contributed by atoms with E-state index in [9.17, 15) is 5.11 Å². The number of quaternary nitrogens is 2. The Morgan fingerprint density at radius 2 is 1.95 bits per heavy atom. The van der Waals surface area contributed by atoms with Crippen molar-refractivity contribution in [3.05, 3.63) is 35.9 Å². The number of aliphatic hydroxyl groups is 1. The zero-order chi connectivity index (χ0) is 13.3. The second-order valence-corrected chi connectivity index (χ2v) is 5.21. The van der Waals surface area contributed by atoms with Crippen LogP contribution in [0.3, 0.4) is 0 Å². The van der Waals surface area contributed by atoms with Gasteiger partial charge in [-0.05, 0) is 5.56 Å². The normalized spacial score (nSPS) is 18.4. The van der Waals surface area contributed by atoms with Gasteiger partial charge in [-0.2, -0.15) is 0 Å². The Labute approximate surface area is 115 Å². The van der Waals surface area contributed by atoms with Gasteiger partial charge in [0.15, 0.2) is 0 Å². The van der Waals surface area contributed by atoms with Crippen molar-refractivity contribution in [1.29, 1.82) is 0 Å². The van der Waals surface area contributed by atoms with Crippen molar-refractivity contribution < 1.29 is 20.1 Å². The summed E-state index contributed by atoms with van der Waals surface area (Å²) in [6, 6.07) is 9.89. The first-order valence-electron chi connectivity index (χ1n) is 7.32. The number of nitrogens with one attached hydrogen (secondary N) is 1. The van der Waals surface area contributed by atoms with Gasteiger partial charge >= 0.3 is 0 Å². The molecular weight excluding hydrogens is 240 g/mol. The molecule has 1 aromatic carbocycles. The van der Waals surface area contributed by atoms with Gasteiger partial charge in [-0.15, -0.1) is 0 Å². The molecule has 1 aromatic rings. The molecule has 19 heavy (non-hydrogen) atoms. The average molecular weight is 266 g/mol. The molecule has 0 unspecified atom stereocenters. The Morgan fingerprint density at radius 1 is 1.21 bits per heavy atom. The fourth-order valence-corrected chi connectivity index (χ4v) is 2.49. The summed E-state index contributed by atoms with van der Waals surface area (Å²) in [5.74, 6) is 0. The van der Waals surface area contributed by atoms with Crippen LogP contribution in [0.2, 0.25) is 0 Å². The first-order valence-corrected chi connectivity index (χ1v) is 7.32. The second kappa shape index (κ2) is 8.27. The summed E-state index contributed by atoms with van der Waals surface area (Å²) in [7, 11) is 0. The highest BCUT2D eigenvalue weighted by Crippen LogP contribution is 2.08. The number of ether oxygens (including phenoxy) is 1. The Morgan fingerprint density at radius 3 is 2.68 bits per heavy atom. The Bertz CT molecular complexity index is 339. The summed E-state index contributed by atoms with van der Waals surface area (Å²) in [6.07, 6.45) is 0.855. The molecule has 1 atom stereocenters. The van der Waals surface area contributed by atoms with Crippen LogP contribution in [0.4, 0.5) is 0 Å². The summed E-state index contributed by atoms with van der Waals surface area (Å²) < 4.78 is 5.35. The van der Waals surface area contributed by atoms with Crippen molar-refractivity contribution in [3.8, 4) is 0 Å². The minimum Gasteiger partial charge on any atom is -0.382 e. The van der Waals surface area contributed by atoms with E-state index in [4.69, 9.17) is 4.74 Å². The third-order valence-electron chi connectivity index (χ3n) is 3.71. The van der Waals surface area contributed by atoms with Crippen LogP contribution in [0, 0.1) is 0 Å². The molecule has 0 spiro atoms. The van der Waals surface area contributed by atoms with Crippen LogP contribution in [-0.4, -0.2) is 51.0 Å². The standard InChI is InChI=1S/C15H24N2O2/c18-15(14-5-2-1-3-6-14)13-16-7-4-8-17-9-11-19-12-10-17/h1-3,5-6,15-16,18H,4,7-13H2/p+2/t15-/m0/s1. The quantitative estimate of drug-likeness (QED) is 0.531. The Hall–Kier alpha value is -0.940. The molecule has 0 aliphatic carbocycles. The molecule has 0 radical (unpaired) electrons. The van der Waals surface area contributed by atoms with Gasteiger partial charge in [0, 0.05) is 6.42 Å². The van der Waals surface area contributed by atoms with Crippen molar-refractivity contribution in [2.75, 3.05) is 45.9 Å². The molecule has 4 nitrogen and oxygen atoms in total. The highest BCUT2D eigenvalue weighted by atomic mass is 16.5. The Kier molecular flexibility index (Phi) is 6.30. The molecule has 1 saturated heterocycles. The lowest BCUT2D eigenvalue weighted by Gasteiger charge is -2.23. The number of hydrogen-bond donors (Lipinski definition) is 3. The maximum Gasteiger partial charge on any atom is 0.128 e. The topological polar surface area (TPSA) is 50.5 Å². The van der Waals surface area contributed by atoms with E-state index in [0.717, 1.165) is 45.0 Å². The minimum atomic E-state index is -0.350. The monoisotopic (exact) mass is 266 g/mol. The van der Waals surface area contributed by atoms with E-state index in [1.54, 1.807) is 4.90 Å². The minimum absolute atomic E-state index is 0.350. The number of nitrogens with two attached hydrogens (primary N) is 1. The number of aliphatic hydroxyl groups excluding tert-OH is 1. The summed E-state index contributed by atoms with van der Waals surface area (Å²) in [5.41, 5.74) is 1.01. The van der Waals surface area contributed by atoms with E-state index >= 15 is 0 Å². The number of benzene rings is 1. The van der Waals surface area contributed by atoms with Crippen LogP contribution < -0.4 is 10.2 Å². The predicted molar refractivity (Wildman–Crippen MR) is 74.1 cm³/mol. The summed E-state index contributed by atoms with van der Waals surface area (Å²) in [5, 5.41) is 12.2. The molecule has 1 aliphatic heterocycles. The maximum absolute atomic E-state index is 10.0. The van der Waals surface area contributed by atoms with Crippen LogP contribution >= 0.6 is 0 Å². The maximum atomic E-state index is 10.0. The third-order valence-corrected chi connectivity index (χ3v) is 3.71. The van der Waals surface area contributed by atoms with E-state index in [-0.39, 0.29) is 6.10 Å². The first kappa shape index (κ1) is 14.5. The van der Waals surface area contributed by atoms with Gasteiger partial charge < -0.3 is 20.1 Å². The van der Waals surface area contributed by atoms with Crippen molar-refractivity contribution in [2.24, 2.45) is 0 Å². The molecule has 4 N–H and O–H groups in total. The van der Waals surface area contributed by atoms with E-state index in [2.05, 4.69) is 5.32 Å². The van der Waals surface area contributed by atoms with Gasteiger partial charge in [0.25, 0.3) is 0 Å². The Balaban J connectivity index is 1.54. The van der Waals surface area contributed by atoms with Crippen molar-refractivity contribution in [3.63, 3.8) is 0 Å². The number of hydrogen-bond acceptors (Lipinski definition) is 2. The van der Waals surface area contributed by atoms with Crippen LogP contribution in [-0.2, 0) is 4.74 Å². The summed E-state index contributed by atoms with van der Waals surface area (Å²) in [6.45, 7) is 7.18. The molecule has 1 aliphatic rings. The van der Waals surface area contributed by atoms with E-state index < -0.39 is 0 Å². The summed E-state index contributed by atoms with van der Waals surface area (Å²) >= 11 is 0. The van der Waals surface area contributed by atoms with Crippen molar-refractivity contribution in [2.45, 2.75) is 12.5 Å². The van der Waals surface area contributed by atoms with Gasteiger partial charge in [0.05, 0.1) is 26.3 Å². The number of morpholine rings is 1. The molecule has 2 rings (SSSR count). The van der Waals surface area contributed by atoms with Crippen LogP contribution in [0.15, 0.2) is 30.3 Å². The van der Waals surface area contributed by atoms with Crippen LogP contribution in [0.25, 0.3) is 0 Å². The average Bonchev–Trinajstić information content (AvgIpc) is 2.49. The van der Waals surface area contributed by atoms with Gasteiger partial charge in [0.1, 0.15) is 25.7 Å². The highest BCUT2D eigenvalue weighted by molar-refractivity contribution is 5.16. The first-order chi connectivity index (χ1) is 9.36. The molecule has 0 saturated carbocycles. The molecule has 0 bridgehead atoms. The van der Waals surface area contributed by atoms with Gasteiger partial charge in [-0.3, -0.25) is 0 Å². The van der Waals surface area contributed by atoms with Crippen molar-refractivity contribution >= 4 is 0 Å². The molecule has 0 aromatic heterocycles. The lowest BCUT2D eigenvalue weighted by Crippen LogP contribution is -3.14. The van der Waals surface area contributed by atoms with E-state index in [0.29, 0.717) is 0 Å². The molecule has 0 amide bonds. The van der Waals surface area contributed by atoms with Gasteiger partial charge in [0.2, 0.25) is 0 Å². The summed E-state index contributed by atoms with van der Waals surface area (Å²) in [4.78, 5) is 1.66. The molecule has 4 heteroatoms. The lowest BCUT2D eigenvalue weighted by atomic mass is 10.1. The lowest BCUT2D eigenvalue weighted by molar-refractivity contribution is -0.909.